The molecule has 0 radical (unpaired) electrons. The van der Waals surface area contributed by atoms with Crippen molar-refractivity contribution < 1.29 is 19.0 Å². The highest BCUT2D eigenvalue weighted by Gasteiger charge is 2.52. The molecule has 8 heteroatoms. The number of amides is 1. The molecule has 8 N–H and O–H groups in total. The van der Waals surface area contributed by atoms with Gasteiger partial charge in [0.1, 0.15) is 18.9 Å². The molecule has 0 spiro atoms. The third-order valence-electron chi connectivity index (χ3n) is 6.66. The summed E-state index contributed by atoms with van der Waals surface area (Å²) < 4.78 is 18.2. The van der Waals surface area contributed by atoms with Crippen molar-refractivity contribution in [3.8, 4) is 5.75 Å². The Kier molecular flexibility index (Phi) is 6.42. The number of carbonyl (C=O) groups excluding carboxylic acids is 1. The number of carbonyl (C=O) groups is 1. The van der Waals surface area contributed by atoms with Gasteiger partial charge < -0.3 is 15.8 Å². The van der Waals surface area contributed by atoms with Gasteiger partial charge in [-0.1, -0.05) is 12.1 Å². The van der Waals surface area contributed by atoms with E-state index in [2.05, 4.69) is 22.6 Å². The van der Waals surface area contributed by atoms with Gasteiger partial charge in [0, 0.05) is 17.5 Å². The summed E-state index contributed by atoms with van der Waals surface area (Å²) in [5.41, 5.74) is 12.6. The first-order chi connectivity index (χ1) is 14.0. The highest BCUT2D eigenvalue weighted by Crippen LogP contribution is 2.57. The minimum atomic E-state index is -0.295. The molecule has 4 rings (SSSR count). The second kappa shape index (κ2) is 8.82. The summed E-state index contributed by atoms with van der Waals surface area (Å²) in [6.07, 6.45) is 6.06. The van der Waals surface area contributed by atoms with Crippen LogP contribution in [0.5, 0.6) is 5.75 Å². The van der Waals surface area contributed by atoms with Crippen molar-refractivity contribution in [3.05, 3.63) is 41.7 Å². The van der Waals surface area contributed by atoms with Crippen LogP contribution in [0.15, 0.2) is 36.2 Å². The first kappa shape index (κ1) is 21.1. The van der Waals surface area contributed by atoms with Crippen molar-refractivity contribution >= 4 is 11.7 Å². The molecule has 3 aliphatic rings. The van der Waals surface area contributed by atoms with Crippen LogP contribution in [0, 0.1) is 5.41 Å². The summed E-state index contributed by atoms with van der Waals surface area (Å²) in [5, 5.41) is 5.27. The Bertz CT molecular complexity index is 766. The summed E-state index contributed by atoms with van der Waals surface area (Å²) in [6.45, 7) is 0.532. The van der Waals surface area contributed by atoms with E-state index in [0.717, 1.165) is 38.5 Å². The van der Waals surface area contributed by atoms with E-state index in [1.54, 1.807) is 0 Å². The molecule has 2 bridgehead atoms. The lowest BCUT2D eigenvalue weighted by Crippen LogP contribution is -2.83. The maximum Gasteiger partial charge on any atom is 0.282 e. The fraction of sp³-hybridized carbons (Fsp3) is 0.524. The van der Waals surface area contributed by atoms with Gasteiger partial charge in [0.2, 0.25) is 5.91 Å². The molecule has 0 aromatic heterocycles. The molecular formula is C21H31FN5O2+. The number of fused-ring (bicyclic) bond motifs is 3. The number of benzene rings is 1. The summed E-state index contributed by atoms with van der Waals surface area (Å²) in [6, 6.07) is 8.05. The maximum atomic E-state index is 12.8. The zero-order chi connectivity index (χ0) is 20.9. The van der Waals surface area contributed by atoms with Crippen LogP contribution >= 0.6 is 0 Å². The summed E-state index contributed by atoms with van der Waals surface area (Å²) >= 11 is 0. The minimum Gasteiger partial charge on any atom is -0.489 e. The Morgan fingerprint density at radius 2 is 1.79 bits per heavy atom. The van der Waals surface area contributed by atoms with Crippen LogP contribution in [0.25, 0.3) is 0 Å². The molecule has 1 amide bonds. The molecule has 0 heterocycles. The number of hydrogen-bond acceptors (Lipinski definition) is 4. The number of rotatable bonds is 8. The van der Waals surface area contributed by atoms with Gasteiger partial charge >= 0.3 is 0 Å². The molecule has 7 nitrogen and oxygen atoms in total. The Morgan fingerprint density at radius 3 is 2.31 bits per heavy atom. The molecule has 1 aromatic carbocycles. The fourth-order valence-electron chi connectivity index (χ4n) is 4.59. The topological polar surface area (TPSA) is 130 Å². The third kappa shape index (κ3) is 4.37. The molecular weight excluding hydrogens is 373 g/mol. The van der Waals surface area contributed by atoms with Crippen LogP contribution in [0.4, 0.5) is 4.39 Å². The van der Waals surface area contributed by atoms with E-state index >= 15 is 0 Å². The molecule has 3 aliphatic carbocycles. The zero-order valence-corrected chi connectivity index (χ0v) is 16.7. The molecule has 29 heavy (non-hydrogen) atoms. The van der Waals surface area contributed by atoms with Gasteiger partial charge in [-0.2, -0.15) is 5.10 Å². The number of nitrogens with two attached hydrogens (primary N) is 3. The van der Waals surface area contributed by atoms with Gasteiger partial charge in [0.05, 0.1) is 6.33 Å². The molecule has 0 saturated heterocycles. The lowest BCUT2D eigenvalue weighted by molar-refractivity contribution is -0.471. The number of ether oxygens (including phenoxy) is 1. The number of nitrogens with one attached hydrogen (secondary N) is 2. The van der Waals surface area contributed by atoms with Gasteiger partial charge in [-0.25, -0.2) is 4.39 Å². The summed E-state index contributed by atoms with van der Waals surface area (Å²) in [5.74, 6) is 6.37. The van der Waals surface area contributed by atoms with Crippen LogP contribution in [0.2, 0.25) is 0 Å². The van der Waals surface area contributed by atoms with Crippen molar-refractivity contribution in [3.63, 3.8) is 0 Å². The molecule has 1 aromatic rings. The van der Waals surface area contributed by atoms with Crippen LogP contribution in [0.3, 0.4) is 0 Å². The Labute approximate surface area is 170 Å². The van der Waals surface area contributed by atoms with Gasteiger partial charge in [-0.05, 0) is 61.6 Å². The largest absolute Gasteiger partial charge is 0.489 e. The van der Waals surface area contributed by atoms with E-state index in [9.17, 15) is 9.18 Å². The number of hydrazone groups is 1. The Balaban J connectivity index is 1.61. The second-order valence-corrected chi connectivity index (χ2v) is 8.20. The molecule has 3 saturated carbocycles. The SMILES string of the molecule is NC/C(=C\F)COc1ccc(C23CCC(C(=O)NC/C(N)=[NH+]/N)(CC2)CC3)cc1. The van der Waals surface area contributed by atoms with Crippen molar-refractivity contribution in [1.82, 2.24) is 5.32 Å². The Morgan fingerprint density at radius 1 is 1.17 bits per heavy atom. The minimum absolute atomic E-state index is 0.0735. The van der Waals surface area contributed by atoms with Gasteiger partial charge in [0.25, 0.3) is 5.84 Å². The van der Waals surface area contributed by atoms with E-state index in [1.165, 1.54) is 5.56 Å². The van der Waals surface area contributed by atoms with E-state index in [-0.39, 0.29) is 36.4 Å². The van der Waals surface area contributed by atoms with E-state index < -0.39 is 0 Å². The smallest absolute Gasteiger partial charge is 0.282 e. The van der Waals surface area contributed by atoms with Crippen molar-refractivity contribution in [2.24, 2.45) is 22.7 Å². The monoisotopic (exact) mass is 404 g/mol. The molecule has 0 atom stereocenters. The summed E-state index contributed by atoms with van der Waals surface area (Å²) in [4.78, 5) is 12.8. The highest BCUT2D eigenvalue weighted by atomic mass is 19.1. The van der Waals surface area contributed by atoms with Gasteiger partial charge in [-0.15, -0.1) is 0 Å². The third-order valence-corrected chi connectivity index (χ3v) is 6.66. The number of halogens is 1. The lowest BCUT2D eigenvalue weighted by atomic mass is 9.51. The van der Waals surface area contributed by atoms with Gasteiger partial charge in [-0.3, -0.25) is 16.4 Å². The Hall–Kier alpha value is -2.61. The van der Waals surface area contributed by atoms with Crippen molar-refractivity contribution in [2.75, 3.05) is 19.7 Å². The quantitative estimate of drug-likeness (QED) is 0.179. The molecule has 3 fully saturated rings. The predicted octanol–water partition coefficient (Wildman–Crippen LogP) is -0.103. The maximum absolute atomic E-state index is 12.8. The lowest BCUT2D eigenvalue weighted by Gasteiger charge is -2.52. The number of hydrazine groups is 1. The summed E-state index contributed by atoms with van der Waals surface area (Å²) in [7, 11) is 0. The van der Waals surface area contributed by atoms with E-state index in [4.69, 9.17) is 22.0 Å². The van der Waals surface area contributed by atoms with Crippen LogP contribution in [-0.4, -0.2) is 31.4 Å². The molecule has 158 valence electrons. The van der Waals surface area contributed by atoms with Crippen molar-refractivity contribution in [1.29, 1.82) is 0 Å². The van der Waals surface area contributed by atoms with Crippen LogP contribution < -0.4 is 32.5 Å². The standard InChI is InChI=1S/C21H30FN5O2/c22-11-15(12-23)14-29-17-3-1-16(2-4-17)20-5-8-21(9-6-20,10-7-20)19(28)26-13-18(24)27-25/h1-4,11H,5-10,12-14,23,25H2,(H2,24,27)(H,26,28)/p+1/b15-11+. The van der Waals surface area contributed by atoms with Gasteiger partial charge in [0.15, 0.2) is 0 Å². The van der Waals surface area contributed by atoms with E-state index in [1.807, 2.05) is 12.1 Å². The molecule has 0 aliphatic heterocycles. The highest BCUT2D eigenvalue weighted by molar-refractivity contribution is 5.87. The first-order valence-electron chi connectivity index (χ1n) is 10.0. The van der Waals surface area contributed by atoms with Crippen LogP contribution in [-0.2, 0) is 10.2 Å². The fourth-order valence-corrected chi connectivity index (χ4v) is 4.59. The average molecular weight is 405 g/mol. The normalized spacial score (nSPS) is 27.0. The van der Waals surface area contributed by atoms with Crippen molar-refractivity contribution in [2.45, 2.75) is 43.9 Å². The zero-order valence-electron chi connectivity index (χ0n) is 16.7. The molecule has 0 unspecified atom stereocenters. The number of hydrogen-bond donors (Lipinski definition) is 5. The number of amidine groups is 1. The first-order valence-corrected chi connectivity index (χ1v) is 10.0. The predicted molar refractivity (Wildman–Crippen MR) is 109 cm³/mol. The van der Waals surface area contributed by atoms with E-state index in [0.29, 0.717) is 23.5 Å². The second-order valence-electron chi connectivity index (χ2n) is 8.20. The van der Waals surface area contributed by atoms with Crippen LogP contribution in [0.1, 0.15) is 44.1 Å². The average Bonchev–Trinajstić information content (AvgIpc) is 2.79.